The predicted molar refractivity (Wildman–Crippen MR) is 83.1 cm³/mol. The molecule has 3 saturated carbocycles. The van der Waals surface area contributed by atoms with Crippen LogP contribution in [0.1, 0.15) is 78.1 Å². The van der Waals surface area contributed by atoms with Gasteiger partial charge in [0, 0.05) is 0 Å². The van der Waals surface area contributed by atoms with Gasteiger partial charge >= 0.3 is 0 Å². The molecule has 0 nitrogen and oxygen atoms in total. The minimum atomic E-state index is 0.746. The molecule has 0 spiro atoms. The third kappa shape index (κ3) is 2.65. The van der Waals surface area contributed by atoms with Crippen molar-refractivity contribution in [2.24, 2.45) is 29.1 Å². The standard InChI is InChI=1S/C19H32/c1-3-4-5-7-15-9-10-17-16(14-15)11-13-19(2)12-6-8-18(17)19/h4-5,15-18H,3,6-14H2,1-2H3/b5-4-. The van der Waals surface area contributed by atoms with Gasteiger partial charge in [0.15, 0.2) is 0 Å². The summed E-state index contributed by atoms with van der Waals surface area (Å²) in [6.07, 6.45) is 19.7. The molecule has 0 N–H and O–H groups in total. The van der Waals surface area contributed by atoms with Crippen LogP contribution in [-0.4, -0.2) is 0 Å². The maximum atomic E-state index is 2.61. The Balaban J connectivity index is 1.60. The fourth-order valence-corrected chi connectivity index (χ4v) is 5.73. The molecular formula is C19H32. The lowest BCUT2D eigenvalue weighted by Crippen LogP contribution is -2.41. The van der Waals surface area contributed by atoms with E-state index in [4.69, 9.17) is 0 Å². The summed E-state index contributed by atoms with van der Waals surface area (Å²) in [6.45, 7) is 4.85. The van der Waals surface area contributed by atoms with Crippen molar-refractivity contribution in [3.63, 3.8) is 0 Å². The highest BCUT2D eigenvalue weighted by molar-refractivity contribution is 5.00. The zero-order valence-electron chi connectivity index (χ0n) is 13.0. The van der Waals surface area contributed by atoms with Crippen molar-refractivity contribution in [1.82, 2.24) is 0 Å². The van der Waals surface area contributed by atoms with Crippen LogP contribution >= 0.6 is 0 Å². The van der Waals surface area contributed by atoms with Crippen LogP contribution in [0.15, 0.2) is 12.2 Å². The predicted octanol–water partition coefficient (Wildman–Crippen LogP) is 5.98. The molecule has 5 atom stereocenters. The van der Waals surface area contributed by atoms with Crippen LogP contribution in [-0.2, 0) is 0 Å². The van der Waals surface area contributed by atoms with Gasteiger partial charge in [-0.25, -0.2) is 0 Å². The van der Waals surface area contributed by atoms with Gasteiger partial charge in [-0.2, -0.15) is 0 Å². The van der Waals surface area contributed by atoms with E-state index in [9.17, 15) is 0 Å². The van der Waals surface area contributed by atoms with Crippen molar-refractivity contribution in [3.05, 3.63) is 12.2 Å². The quantitative estimate of drug-likeness (QED) is 0.548. The van der Waals surface area contributed by atoms with E-state index in [2.05, 4.69) is 26.0 Å². The summed E-state index contributed by atoms with van der Waals surface area (Å²) < 4.78 is 0. The molecule has 3 rings (SSSR count). The second-order valence-electron chi connectivity index (χ2n) is 7.91. The fraction of sp³-hybridized carbons (Fsp3) is 0.895. The number of rotatable bonds is 3. The van der Waals surface area contributed by atoms with Gasteiger partial charge in [0.2, 0.25) is 0 Å². The van der Waals surface area contributed by atoms with Gasteiger partial charge in [-0.05, 0) is 86.9 Å². The lowest BCUT2D eigenvalue weighted by atomic mass is 9.55. The number of allylic oxidation sites excluding steroid dienone is 2. The van der Waals surface area contributed by atoms with E-state index in [1.54, 1.807) is 25.7 Å². The number of fused-ring (bicyclic) bond motifs is 3. The summed E-state index contributed by atoms with van der Waals surface area (Å²) in [4.78, 5) is 0. The largest absolute Gasteiger partial charge is 0.0888 e. The fourth-order valence-electron chi connectivity index (χ4n) is 5.73. The topological polar surface area (TPSA) is 0 Å². The second-order valence-corrected chi connectivity index (χ2v) is 7.91. The summed E-state index contributed by atoms with van der Waals surface area (Å²) >= 11 is 0. The van der Waals surface area contributed by atoms with Crippen molar-refractivity contribution in [2.75, 3.05) is 0 Å². The third-order valence-corrected chi connectivity index (χ3v) is 6.78. The van der Waals surface area contributed by atoms with Crippen LogP contribution in [0.3, 0.4) is 0 Å². The maximum Gasteiger partial charge on any atom is -0.0295 e. The van der Waals surface area contributed by atoms with E-state index < -0.39 is 0 Å². The number of hydrogen-bond donors (Lipinski definition) is 0. The molecule has 0 saturated heterocycles. The van der Waals surface area contributed by atoms with Gasteiger partial charge in [-0.3, -0.25) is 0 Å². The minimum Gasteiger partial charge on any atom is -0.0888 e. The van der Waals surface area contributed by atoms with Crippen LogP contribution in [0.5, 0.6) is 0 Å². The first-order chi connectivity index (χ1) is 9.23. The molecular weight excluding hydrogens is 228 g/mol. The van der Waals surface area contributed by atoms with Gasteiger partial charge in [0.25, 0.3) is 0 Å². The molecule has 0 heteroatoms. The molecule has 0 aromatic heterocycles. The van der Waals surface area contributed by atoms with Crippen LogP contribution < -0.4 is 0 Å². The maximum absolute atomic E-state index is 2.61. The highest BCUT2D eigenvalue weighted by atomic mass is 14.5. The molecule has 19 heavy (non-hydrogen) atoms. The van der Waals surface area contributed by atoms with Gasteiger partial charge in [-0.1, -0.05) is 32.4 Å². The van der Waals surface area contributed by atoms with Crippen molar-refractivity contribution < 1.29 is 0 Å². The van der Waals surface area contributed by atoms with Crippen LogP contribution in [0, 0.1) is 29.1 Å². The molecule has 0 bridgehead atoms. The Hall–Kier alpha value is -0.260. The van der Waals surface area contributed by atoms with Crippen LogP contribution in [0.4, 0.5) is 0 Å². The number of hydrogen-bond acceptors (Lipinski definition) is 0. The van der Waals surface area contributed by atoms with E-state index >= 15 is 0 Å². The van der Waals surface area contributed by atoms with Gasteiger partial charge in [-0.15, -0.1) is 0 Å². The zero-order chi connectivity index (χ0) is 13.3. The van der Waals surface area contributed by atoms with Gasteiger partial charge < -0.3 is 0 Å². The molecule has 5 unspecified atom stereocenters. The molecule has 0 heterocycles. The van der Waals surface area contributed by atoms with E-state index in [-0.39, 0.29) is 0 Å². The average Bonchev–Trinajstić information content (AvgIpc) is 2.81. The lowest BCUT2D eigenvalue weighted by molar-refractivity contribution is 0.000751. The Morgan fingerprint density at radius 2 is 1.95 bits per heavy atom. The van der Waals surface area contributed by atoms with Crippen LogP contribution in [0.2, 0.25) is 0 Å². The van der Waals surface area contributed by atoms with Crippen molar-refractivity contribution in [3.8, 4) is 0 Å². The van der Waals surface area contributed by atoms with Gasteiger partial charge in [0.05, 0.1) is 0 Å². The molecule has 3 aliphatic carbocycles. The summed E-state index contributed by atoms with van der Waals surface area (Å²) in [6, 6.07) is 0. The Bertz CT molecular complexity index is 329. The molecule has 0 aromatic rings. The van der Waals surface area contributed by atoms with E-state index in [0.29, 0.717) is 0 Å². The molecule has 0 aromatic carbocycles. The van der Waals surface area contributed by atoms with Crippen molar-refractivity contribution >= 4 is 0 Å². The monoisotopic (exact) mass is 260 g/mol. The highest BCUT2D eigenvalue weighted by Gasteiger charge is 2.49. The molecule has 3 fully saturated rings. The van der Waals surface area contributed by atoms with Gasteiger partial charge in [0.1, 0.15) is 0 Å². The van der Waals surface area contributed by atoms with Crippen molar-refractivity contribution in [2.45, 2.75) is 78.1 Å². The lowest BCUT2D eigenvalue weighted by Gasteiger charge is -2.50. The third-order valence-electron chi connectivity index (χ3n) is 6.78. The van der Waals surface area contributed by atoms with Crippen LogP contribution in [0.25, 0.3) is 0 Å². The van der Waals surface area contributed by atoms with E-state index in [1.165, 1.54) is 38.5 Å². The highest BCUT2D eigenvalue weighted by Crippen LogP contribution is 2.59. The first-order valence-corrected chi connectivity index (χ1v) is 8.88. The zero-order valence-corrected chi connectivity index (χ0v) is 13.0. The Kier molecular flexibility index (Phi) is 4.06. The molecule has 0 amide bonds. The molecule has 0 radical (unpaired) electrons. The normalized spacial score (nSPS) is 46.2. The minimum absolute atomic E-state index is 0.746. The smallest absolute Gasteiger partial charge is 0.0295 e. The molecule has 0 aliphatic heterocycles. The van der Waals surface area contributed by atoms with Crippen molar-refractivity contribution in [1.29, 1.82) is 0 Å². The SMILES string of the molecule is CC/C=C\CC1CCC2C(CCC3(C)CCCC23)C1. The average molecular weight is 260 g/mol. The first-order valence-electron chi connectivity index (χ1n) is 8.88. The molecule has 3 aliphatic rings. The summed E-state index contributed by atoms with van der Waals surface area (Å²) in [5.41, 5.74) is 0.746. The Morgan fingerprint density at radius 3 is 2.79 bits per heavy atom. The summed E-state index contributed by atoms with van der Waals surface area (Å²) in [7, 11) is 0. The first kappa shape index (κ1) is 13.7. The second kappa shape index (κ2) is 5.62. The summed E-state index contributed by atoms with van der Waals surface area (Å²) in [5, 5.41) is 0. The Morgan fingerprint density at radius 1 is 1.05 bits per heavy atom. The molecule has 108 valence electrons. The van der Waals surface area contributed by atoms with E-state index in [0.717, 1.165) is 29.1 Å². The van der Waals surface area contributed by atoms with E-state index in [1.807, 2.05) is 0 Å². The Labute approximate surface area is 120 Å². The summed E-state index contributed by atoms with van der Waals surface area (Å²) in [5.74, 6) is 4.30.